The van der Waals surface area contributed by atoms with E-state index in [-0.39, 0.29) is 35.5 Å². The van der Waals surface area contributed by atoms with Crippen molar-refractivity contribution in [2.45, 2.75) is 51.4 Å². The van der Waals surface area contributed by atoms with Gasteiger partial charge in [0.05, 0.1) is 24.1 Å². The van der Waals surface area contributed by atoms with E-state index in [0.717, 1.165) is 31.4 Å². The zero-order valence-corrected chi connectivity index (χ0v) is 20.4. The fraction of sp³-hybridized carbons (Fsp3) is 0.355. The minimum absolute atomic E-state index is 0.0753. The van der Waals surface area contributed by atoms with Crippen molar-refractivity contribution in [3.63, 3.8) is 0 Å². The third-order valence-corrected chi connectivity index (χ3v) is 8.12. The Morgan fingerprint density at radius 2 is 1.37 bits per heavy atom. The topological polar surface area (TPSA) is 46.6 Å². The molecule has 4 heteroatoms. The van der Waals surface area contributed by atoms with Crippen LogP contribution in [0.15, 0.2) is 66.7 Å². The summed E-state index contributed by atoms with van der Waals surface area (Å²) in [6.45, 7) is 5.00. The fourth-order valence-electron chi connectivity index (χ4n) is 6.48. The zero-order chi connectivity index (χ0) is 24.1. The molecule has 2 amide bonds. The van der Waals surface area contributed by atoms with E-state index >= 15 is 0 Å². The number of unbranched alkanes of at least 4 members (excludes halogenated alkanes) is 2. The Bertz CT molecular complexity index is 1290. The highest BCUT2D eigenvalue weighted by molar-refractivity contribution is 6.23. The molecule has 7 rings (SSSR count). The molecule has 2 bridgehead atoms. The molecule has 3 aromatic rings. The standard InChI is InChI=1S/C31H31NO3/c1-3-5-8-17-35-21-14-12-20(13-15-21)32-30(33)28-26-22-9-6-7-10-23(22)27(29(28)31(32)34)25-18-19(4-2)11-16-24(25)26/h6-7,9-16,18,26-29H,3-5,8,17H2,1-2H3. The highest BCUT2D eigenvalue weighted by Gasteiger charge is 2.61. The first kappa shape index (κ1) is 22.1. The largest absolute Gasteiger partial charge is 0.494 e. The number of benzene rings is 3. The van der Waals surface area contributed by atoms with Crippen LogP contribution in [0, 0.1) is 11.8 Å². The van der Waals surface area contributed by atoms with Gasteiger partial charge in [0, 0.05) is 11.8 Å². The van der Waals surface area contributed by atoms with E-state index in [0.29, 0.717) is 12.3 Å². The summed E-state index contributed by atoms with van der Waals surface area (Å²) in [5.41, 5.74) is 6.76. The predicted octanol–water partition coefficient (Wildman–Crippen LogP) is 6.21. The maximum atomic E-state index is 13.9. The van der Waals surface area contributed by atoms with Crippen LogP contribution in [-0.2, 0) is 16.0 Å². The first-order chi connectivity index (χ1) is 17.1. The monoisotopic (exact) mass is 465 g/mol. The van der Waals surface area contributed by atoms with Crippen molar-refractivity contribution in [3.8, 4) is 5.75 Å². The van der Waals surface area contributed by atoms with Gasteiger partial charge in [0.25, 0.3) is 0 Å². The summed E-state index contributed by atoms with van der Waals surface area (Å²) in [5.74, 6) is -0.247. The number of nitrogens with zero attached hydrogens (tertiary/aromatic N) is 1. The molecule has 1 heterocycles. The third kappa shape index (κ3) is 3.34. The van der Waals surface area contributed by atoms with Crippen molar-refractivity contribution < 1.29 is 14.3 Å². The molecule has 178 valence electrons. The lowest BCUT2D eigenvalue weighted by Crippen LogP contribution is -2.41. The SMILES string of the molecule is CCCCCOc1ccc(N2C(=O)C3C4c5ccccc5C(c5cc(CC)ccc54)C3C2=O)cc1. The Kier molecular flexibility index (Phi) is 5.47. The highest BCUT2D eigenvalue weighted by Crippen LogP contribution is 2.61. The second-order valence-electron chi connectivity index (χ2n) is 10.0. The Hall–Kier alpha value is -3.40. The molecule has 0 radical (unpaired) electrons. The van der Waals surface area contributed by atoms with Gasteiger partial charge < -0.3 is 4.74 Å². The van der Waals surface area contributed by atoms with Crippen LogP contribution in [0.1, 0.15) is 72.8 Å². The van der Waals surface area contributed by atoms with E-state index in [9.17, 15) is 9.59 Å². The van der Waals surface area contributed by atoms with Gasteiger partial charge >= 0.3 is 0 Å². The number of aryl methyl sites for hydroxylation is 1. The molecule has 0 saturated carbocycles. The van der Waals surface area contributed by atoms with E-state index in [2.05, 4.69) is 50.2 Å². The predicted molar refractivity (Wildman–Crippen MR) is 137 cm³/mol. The average molecular weight is 466 g/mol. The third-order valence-electron chi connectivity index (χ3n) is 8.12. The van der Waals surface area contributed by atoms with Gasteiger partial charge in [-0.2, -0.15) is 0 Å². The summed E-state index contributed by atoms with van der Waals surface area (Å²) in [6.07, 6.45) is 4.27. The lowest BCUT2D eigenvalue weighted by molar-refractivity contribution is -0.122. The summed E-state index contributed by atoms with van der Waals surface area (Å²) in [7, 11) is 0. The zero-order valence-electron chi connectivity index (χ0n) is 20.4. The lowest BCUT2D eigenvalue weighted by atomic mass is 9.55. The molecule has 35 heavy (non-hydrogen) atoms. The maximum Gasteiger partial charge on any atom is 0.238 e. The Labute approximate surface area is 206 Å². The van der Waals surface area contributed by atoms with Crippen LogP contribution < -0.4 is 9.64 Å². The molecule has 1 saturated heterocycles. The van der Waals surface area contributed by atoms with Crippen molar-refractivity contribution in [1.82, 2.24) is 0 Å². The lowest BCUT2D eigenvalue weighted by Gasteiger charge is -2.46. The number of anilines is 1. The second-order valence-corrected chi connectivity index (χ2v) is 10.0. The number of amides is 2. The van der Waals surface area contributed by atoms with Crippen LogP contribution in [0.5, 0.6) is 5.75 Å². The Morgan fingerprint density at radius 3 is 2.00 bits per heavy atom. The van der Waals surface area contributed by atoms with Crippen molar-refractivity contribution >= 4 is 17.5 Å². The van der Waals surface area contributed by atoms with Crippen molar-refractivity contribution in [3.05, 3.63) is 94.5 Å². The summed E-state index contributed by atoms with van der Waals surface area (Å²) in [4.78, 5) is 29.2. The number of imide groups is 1. The molecule has 4 unspecified atom stereocenters. The van der Waals surface area contributed by atoms with Crippen molar-refractivity contribution in [2.24, 2.45) is 11.8 Å². The van der Waals surface area contributed by atoms with Gasteiger partial charge in [0.15, 0.2) is 0 Å². The van der Waals surface area contributed by atoms with E-state index in [1.54, 1.807) is 0 Å². The summed E-state index contributed by atoms with van der Waals surface area (Å²) in [6, 6.07) is 22.5. The molecule has 0 N–H and O–H groups in total. The van der Waals surface area contributed by atoms with Crippen LogP contribution in [0.25, 0.3) is 0 Å². The summed E-state index contributed by atoms with van der Waals surface area (Å²) in [5, 5.41) is 0. The van der Waals surface area contributed by atoms with Gasteiger partial charge in [-0.25, -0.2) is 4.90 Å². The van der Waals surface area contributed by atoms with Gasteiger partial charge in [-0.1, -0.05) is 69.2 Å². The van der Waals surface area contributed by atoms with Gasteiger partial charge in [0.2, 0.25) is 11.8 Å². The number of carbonyl (C=O) groups excluding carboxylic acids is 2. The first-order valence-corrected chi connectivity index (χ1v) is 13.0. The number of rotatable bonds is 7. The highest BCUT2D eigenvalue weighted by atomic mass is 16.5. The van der Waals surface area contributed by atoms with Crippen molar-refractivity contribution in [2.75, 3.05) is 11.5 Å². The van der Waals surface area contributed by atoms with Crippen LogP contribution in [0.4, 0.5) is 5.69 Å². The van der Waals surface area contributed by atoms with Gasteiger partial charge in [0.1, 0.15) is 5.75 Å². The Morgan fingerprint density at radius 1 is 0.743 bits per heavy atom. The normalized spacial score (nSPS) is 23.8. The van der Waals surface area contributed by atoms with Crippen LogP contribution in [0.3, 0.4) is 0 Å². The van der Waals surface area contributed by atoms with Gasteiger partial charge in [-0.3, -0.25) is 9.59 Å². The molecular formula is C31H31NO3. The van der Waals surface area contributed by atoms with E-state index in [1.807, 2.05) is 30.3 Å². The number of hydrogen-bond acceptors (Lipinski definition) is 3. The summed E-state index contributed by atoms with van der Waals surface area (Å²) < 4.78 is 5.84. The van der Waals surface area contributed by atoms with Gasteiger partial charge in [-0.15, -0.1) is 0 Å². The molecule has 4 atom stereocenters. The quantitative estimate of drug-likeness (QED) is 0.308. The first-order valence-electron chi connectivity index (χ1n) is 13.0. The average Bonchev–Trinajstić information content (AvgIpc) is 3.17. The summed E-state index contributed by atoms with van der Waals surface area (Å²) >= 11 is 0. The van der Waals surface area contributed by atoms with Crippen LogP contribution in [-0.4, -0.2) is 18.4 Å². The molecule has 3 aromatic carbocycles. The minimum atomic E-state index is -0.355. The van der Waals surface area contributed by atoms with Crippen LogP contribution in [0.2, 0.25) is 0 Å². The number of carbonyl (C=O) groups is 2. The van der Waals surface area contributed by atoms with E-state index in [4.69, 9.17) is 4.74 Å². The van der Waals surface area contributed by atoms with Crippen molar-refractivity contribution in [1.29, 1.82) is 0 Å². The molecule has 1 aliphatic heterocycles. The molecule has 4 nitrogen and oxygen atoms in total. The van der Waals surface area contributed by atoms with E-state index < -0.39 is 0 Å². The van der Waals surface area contributed by atoms with E-state index in [1.165, 1.54) is 32.7 Å². The second kappa shape index (κ2) is 8.67. The Balaban J connectivity index is 1.36. The number of hydrogen-bond donors (Lipinski definition) is 0. The maximum absolute atomic E-state index is 13.9. The molecule has 3 aliphatic carbocycles. The smallest absolute Gasteiger partial charge is 0.238 e. The van der Waals surface area contributed by atoms with Gasteiger partial charge in [-0.05, 0) is 64.9 Å². The molecular weight excluding hydrogens is 434 g/mol. The molecule has 4 aliphatic rings. The van der Waals surface area contributed by atoms with Crippen LogP contribution >= 0.6 is 0 Å². The molecule has 0 aromatic heterocycles. The number of ether oxygens (including phenoxy) is 1. The molecule has 0 spiro atoms. The molecule has 1 fully saturated rings. The fourth-order valence-corrected chi connectivity index (χ4v) is 6.48. The minimum Gasteiger partial charge on any atom is -0.494 e.